The minimum absolute atomic E-state index is 0.0112. The third kappa shape index (κ3) is 5.44. The minimum atomic E-state index is -0.0112. The van der Waals surface area contributed by atoms with Crippen LogP contribution in [0.4, 0.5) is 5.69 Å². The van der Waals surface area contributed by atoms with Crippen LogP contribution < -0.4 is 10.6 Å². The zero-order valence-corrected chi connectivity index (χ0v) is 15.8. The normalized spacial score (nSPS) is 12.4. The van der Waals surface area contributed by atoms with Gasteiger partial charge < -0.3 is 10.6 Å². The monoisotopic (exact) mass is 454 g/mol. The maximum Gasteiger partial charge on any atom is 0.239 e. The van der Waals surface area contributed by atoms with E-state index in [-0.39, 0.29) is 18.5 Å². The summed E-state index contributed by atoms with van der Waals surface area (Å²) in [6, 6.07) is 4.04. The Kier molecular flexibility index (Phi) is 6.83. The Hall–Kier alpha value is -0.0700. The van der Waals surface area contributed by atoms with Crippen molar-refractivity contribution in [2.24, 2.45) is 5.92 Å². The second-order valence-corrected chi connectivity index (χ2v) is 7.32. The van der Waals surface area contributed by atoms with Crippen LogP contribution in [0.2, 0.25) is 0 Å². The van der Waals surface area contributed by atoms with Gasteiger partial charge in [0.05, 0.1) is 12.2 Å². The van der Waals surface area contributed by atoms with Crippen molar-refractivity contribution in [3.8, 4) is 0 Å². The molecule has 106 valence electrons. The Morgan fingerprint density at radius 2 is 1.68 bits per heavy atom. The highest BCUT2D eigenvalue weighted by Crippen LogP contribution is 2.34. The van der Waals surface area contributed by atoms with Gasteiger partial charge in [-0.15, -0.1) is 0 Å². The Labute approximate surface area is 139 Å². The van der Waals surface area contributed by atoms with E-state index >= 15 is 0 Å². The predicted octanol–water partition coefficient (Wildman–Crippen LogP) is 4.55. The molecule has 1 rings (SSSR count). The zero-order chi connectivity index (χ0) is 14.6. The molecule has 0 aliphatic rings. The Morgan fingerprint density at radius 3 is 2.16 bits per heavy atom. The number of nitrogens with one attached hydrogen (secondary N) is 2. The van der Waals surface area contributed by atoms with Crippen molar-refractivity contribution < 1.29 is 4.79 Å². The van der Waals surface area contributed by atoms with Crippen molar-refractivity contribution in [1.29, 1.82) is 0 Å². The van der Waals surface area contributed by atoms with Gasteiger partial charge in [0.25, 0.3) is 0 Å². The largest absolute Gasteiger partial charge is 0.374 e. The molecule has 1 atom stereocenters. The molecule has 1 unspecified atom stereocenters. The van der Waals surface area contributed by atoms with Gasteiger partial charge in [0, 0.05) is 19.5 Å². The summed E-state index contributed by atoms with van der Waals surface area (Å²) in [6.07, 6.45) is 0. The fourth-order valence-electron chi connectivity index (χ4n) is 1.35. The number of rotatable bonds is 5. The van der Waals surface area contributed by atoms with E-state index in [1.807, 2.05) is 19.1 Å². The molecule has 1 aromatic rings. The quantitative estimate of drug-likeness (QED) is 0.682. The molecule has 0 spiro atoms. The van der Waals surface area contributed by atoms with Crippen LogP contribution in [0.25, 0.3) is 0 Å². The summed E-state index contributed by atoms with van der Waals surface area (Å²) in [6.45, 7) is 6.42. The van der Waals surface area contributed by atoms with Crippen molar-refractivity contribution in [3.63, 3.8) is 0 Å². The average molecular weight is 457 g/mol. The van der Waals surface area contributed by atoms with Crippen molar-refractivity contribution in [2.45, 2.75) is 26.8 Å². The smallest absolute Gasteiger partial charge is 0.239 e. The number of hydrogen-bond donors (Lipinski definition) is 2. The molecular formula is C13H17Br3N2O. The van der Waals surface area contributed by atoms with E-state index in [9.17, 15) is 4.79 Å². The van der Waals surface area contributed by atoms with Crippen LogP contribution in [0.15, 0.2) is 25.6 Å². The first-order valence-electron chi connectivity index (χ1n) is 5.99. The van der Waals surface area contributed by atoms with E-state index in [1.165, 1.54) is 0 Å². The number of carbonyl (C=O) groups excluding carboxylic acids is 1. The van der Waals surface area contributed by atoms with Crippen molar-refractivity contribution >= 4 is 59.4 Å². The number of benzene rings is 1. The Bertz CT molecular complexity index is 440. The minimum Gasteiger partial charge on any atom is -0.374 e. The molecule has 1 aromatic carbocycles. The lowest BCUT2D eigenvalue weighted by Gasteiger charge is -2.18. The molecular weight excluding hydrogens is 440 g/mol. The number of amides is 1. The molecule has 1 amide bonds. The molecule has 0 heterocycles. The van der Waals surface area contributed by atoms with Gasteiger partial charge in [0.2, 0.25) is 5.91 Å². The van der Waals surface area contributed by atoms with Crippen molar-refractivity contribution in [3.05, 3.63) is 25.6 Å². The molecule has 3 nitrogen and oxygen atoms in total. The van der Waals surface area contributed by atoms with Crippen LogP contribution >= 0.6 is 47.8 Å². The maximum atomic E-state index is 11.8. The lowest BCUT2D eigenvalue weighted by Crippen LogP contribution is -2.39. The first-order valence-corrected chi connectivity index (χ1v) is 8.37. The highest BCUT2D eigenvalue weighted by molar-refractivity contribution is 9.11. The summed E-state index contributed by atoms with van der Waals surface area (Å²) in [4.78, 5) is 11.8. The summed E-state index contributed by atoms with van der Waals surface area (Å²) in [7, 11) is 0. The van der Waals surface area contributed by atoms with E-state index in [4.69, 9.17) is 0 Å². The molecule has 0 aliphatic carbocycles. The number of carbonyl (C=O) groups is 1. The first kappa shape index (κ1) is 17.0. The van der Waals surface area contributed by atoms with Gasteiger partial charge in [0.15, 0.2) is 0 Å². The Balaban J connectivity index is 2.60. The van der Waals surface area contributed by atoms with Crippen LogP contribution in [0, 0.1) is 5.92 Å². The van der Waals surface area contributed by atoms with Gasteiger partial charge in [-0.05, 0) is 56.8 Å². The van der Waals surface area contributed by atoms with E-state index in [2.05, 4.69) is 72.3 Å². The topological polar surface area (TPSA) is 41.1 Å². The van der Waals surface area contributed by atoms with Crippen LogP contribution in [0.3, 0.4) is 0 Å². The molecule has 0 radical (unpaired) electrons. The first-order chi connectivity index (χ1) is 8.81. The number of hydrogen-bond acceptors (Lipinski definition) is 2. The van der Waals surface area contributed by atoms with Crippen molar-refractivity contribution in [2.75, 3.05) is 11.9 Å². The average Bonchev–Trinajstić information content (AvgIpc) is 2.27. The van der Waals surface area contributed by atoms with Gasteiger partial charge in [-0.25, -0.2) is 0 Å². The third-order valence-corrected chi connectivity index (χ3v) is 4.53. The molecule has 19 heavy (non-hydrogen) atoms. The molecule has 0 saturated carbocycles. The van der Waals surface area contributed by atoms with Gasteiger partial charge in [-0.2, -0.15) is 0 Å². The van der Waals surface area contributed by atoms with E-state index in [1.54, 1.807) is 0 Å². The summed E-state index contributed by atoms with van der Waals surface area (Å²) in [5, 5.41) is 6.08. The fraction of sp³-hybridized carbons (Fsp3) is 0.462. The van der Waals surface area contributed by atoms with Crippen molar-refractivity contribution in [1.82, 2.24) is 5.32 Å². The second-order valence-electron chi connectivity index (χ2n) is 4.70. The summed E-state index contributed by atoms with van der Waals surface area (Å²) < 4.78 is 2.77. The predicted molar refractivity (Wildman–Crippen MR) is 90.5 cm³/mol. The van der Waals surface area contributed by atoms with Gasteiger partial charge >= 0.3 is 0 Å². The lowest BCUT2D eigenvalue weighted by atomic mass is 10.1. The number of anilines is 1. The lowest BCUT2D eigenvalue weighted by molar-refractivity contribution is -0.120. The Morgan fingerprint density at radius 1 is 1.16 bits per heavy atom. The summed E-state index contributed by atoms with van der Waals surface area (Å²) in [5.41, 5.74) is 0.871. The summed E-state index contributed by atoms with van der Waals surface area (Å²) >= 11 is 10.3. The van der Waals surface area contributed by atoms with E-state index in [0.717, 1.165) is 19.1 Å². The maximum absolute atomic E-state index is 11.8. The molecule has 6 heteroatoms. The van der Waals surface area contributed by atoms with Crippen LogP contribution in [0.5, 0.6) is 0 Å². The zero-order valence-electron chi connectivity index (χ0n) is 11.1. The number of halogens is 3. The van der Waals surface area contributed by atoms with Gasteiger partial charge in [-0.1, -0.05) is 29.8 Å². The fourth-order valence-corrected chi connectivity index (χ4v) is 3.89. The SMILES string of the molecule is CC(C)C(C)NC(=O)CNc1c(Br)cc(Br)cc1Br. The van der Waals surface area contributed by atoms with Crippen LogP contribution in [0.1, 0.15) is 20.8 Å². The van der Waals surface area contributed by atoms with Crippen LogP contribution in [-0.2, 0) is 4.79 Å². The molecule has 2 N–H and O–H groups in total. The standard InChI is InChI=1S/C13H17Br3N2O/c1-7(2)8(3)18-12(19)6-17-13-10(15)4-9(14)5-11(13)16/h4-5,7-8,17H,6H2,1-3H3,(H,18,19). The summed E-state index contributed by atoms with van der Waals surface area (Å²) in [5.74, 6) is 0.415. The van der Waals surface area contributed by atoms with Crippen LogP contribution in [-0.4, -0.2) is 18.5 Å². The molecule has 0 aromatic heterocycles. The molecule has 0 fully saturated rings. The highest BCUT2D eigenvalue weighted by Gasteiger charge is 2.12. The second kappa shape index (κ2) is 7.64. The third-order valence-electron chi connectivity index (χ3n) is 2.82. The van der Waals surface area contributed by atoms with Gasteiger partial charge in [0.1, 0.15) is 0 Å². The molecule has 0 aliphatic heterocycles. The molecule has 0 bridgehead atoms. The molecule has 0 saturated heterocycles. The van der Waals surface area contributed by atoms with Gasteiger partial charge in [-0.3, -0.25) is 4.79 Å². The van der Waals surface area contributed by atoms with E-state index in [0.29, 0.717) is 5.92 Å². The highest BCUT2D eigenvalue weighted by atomic mass is 79.9. The van der Waals surface area contributed by atoms with E-state index < -0.39 is 0 Å².